The Hall–Kier alpha value is -1.88. The van der Waals surface area contributed by atoms with Gasteiger partial charge in [0.15, 0.2) is 0 Å². The average Bonchev–Trinajstić information content (AvgIpc) is 2.69. The number of benzene rings is 1. The highest BCUT2D eigenvalue weighted by molar-refractivity contribution is 6.01. The zero-order valence-electron chi connectivity index (χ0n) is 10.7. The molecule has 0 spiro atoms. The summed E-state index contributed by atoms with van der Waals surface area (Å²) in [6.07, 6.45) is 0.201. The van der Waals surface area contributed by atoms with Gasteiger partial charge in [-0.3, -0.25) is 9.59 Å². The van der Waals surface area contributed by atoms with Crippen molar-refractivity contribution < 1.29 is 14.7 Å². The minimum Gasteiger partial charge on any atom is -0.374 e. The van der Waals surface area contributed by atoms with Crippen LogP contribution in [0.2, 0.25) is 0 Å². The van der Waals surface area contributed by atoms with Crippen LogP contribution in [0.25, 0.3) is 0 Å². The molecule has 2 aliphatic rings. The van der Waals surface area contributed by atoms with Crippen molar-refractivity contribution in [2.24, 2.45) is 0 Å². The Balaban J connectivity index is 1.88. The number of amides is 2. The summed E-state index contributed by atoms with van der Waals surface area (Å²) < 4.78 is 0. The van der Waals surface area contributed by atoms with E-state index >= 15 is 0 Å². The van der Waals surface area contributed by atoms with Crippen molar-refractivity contribution in [1.82, 2.24) is 10.2 Å². The summed E-state index contributed by atoms with van der Waals surface area (Å²) in [6.45, 7) is 2.45. The van der Waals surface area contributed by atoms with Crippen LogP contribution < -0.4 is 5.32 Å². The lowest BCUT2D eigenvalue weighted by Gasteiger charge is -2.32. The molecule has 5 heteroatoms. The number of fused-ring (bicyclic) bond motifs is 1. The minimum atomic E-state index is -0.787. The Morgan fingerprint density at radius 1 is 1.32 bits per heavy atom. The fraction of sp³-hybridized carbons (Fsp3) is 0.429. The van der Waals surface area contributed by atoms with Crippen LogP contribution >= 0.6 is 0 Å². The van der Waals surface area contributed by atoms with Crippen LogP contribution in [0, 0.1) is 6.92 Å². The van der Waals surface area contributed by atoms with E-state index in [1.165, 1.54) is 0 Å². The van der Waals surface area contributed by atoms with Gasteiger partial charge in [-0.2, -0.15) is 0 Å². The molecule has 1 aromatic carbocycles. The average molecular weight is 260 g/mol. The van der Waals surface area contributed by atoms with E-state index in [4.69, 9.17) is 0 Å². The first kappa shape index (κ1) is 12.2. The topological polar surface area (TPSA) is 69.6 Å². The molecule has 2 heterocycles. The van der Waals surface area contributed by atoms with Crippen LogP contribution in [0.4, 0.5) is 0 Å². The summed E-state index contributed by atoms with van der Waals surface area (Å²) in [4.78, 5) is 25.9. The van der Waals surface area contributed by atoms with E-state index < -0.39 is 12.3 Å². The Kier molecular flexibility index (Phi) is 2.78. The van der Waals surface area contributed by atoms with Gasteiger partial charge in [0.05, 0.1) is 0 Å². The predicted molar refractivity (Wildman–Crippen MR) is 68.2 cm³/mol. The summed E-state index contributed by atoms with van der Waals surface area (Å²) in [5.41, 5.74) is 2.77. The highest BCUT2D eigenvalue weighted by atomic mass is 16.3. The number of aryl methyl sites for hydroxylation is 1. The van der Waals surface area contributed by atoms with Crippen LogP contribution in [0.15, 0.2) is 18.2 Å². The zero-order chi connectivity index (χ0) is 13.6. The molecule has 2 unspecified atom stereocenters. The minimum absolute atomic E-state index is 0.0877. The summed E-state index contributed by atoms with van der Waals surface area (Å²) in [5.74, 6) is -0.354. The number of carbonyl (C=O) groups is 2. The lowest BCUT2D eigenvalue weighted by atomic mass is 10.0. The van der Waals surface area contributed by atoms with Crippen molar-refractivity contribution >= 4 is 11.8 Å². The van der Waals surface area contributed by atoms with Gasteiger partial charge in [0.25, 0.3) is 5.91 Å². The second-order valence-electron chi connectivity index (χ2n) is 5.15. The van der Waals surface area contributed by atoms with Crippen molar-refractivity contribution in [2.75, 3.05) is 0 Å². The van der Waals surface area contributed by atoms with Crippen molar-refractivity contribution in [3.05, 3.63) is 34.9 Å². The smallest absolute Gasteiger partial charge is 0.255 e. The van der Waals surface area contributed by atoms with E-state index in [0.717, 1.165) is 11.1 Å². The molecular formula is C14H16N2O3. The number of nitrogens with one attached hydrogen (secondary N) is 1. The first-order valence-corrected chi connectivity index (χ1v) is 6.46. The van der Waals surface area contributed by atoms with E-state index in [1.807, 2.05) is 19.1 Å². The molecule has 0 aromatic heterocycles. The Morgan fingerprint density at radius 3 is 2.79 bits per heavy atom. The van der Waals surface area contributed by atoms with Gasteiger partial charge in [-0.25, -0.2) is 0 Å². The molecule has 2 amide bonds. The number of carbonyl (C=O) groups excluding carboxylic acids is 2. The molecule has 2 atom stereocenters. The summed E-state index contributed by atoms with van der Waals surface area (Å²) in [6, 6.07) is 5.17. The van der Waals surface area contributed by atoms with Gasteiger partial charge in [0.2, 0.25) is 5.91 Å². The maximum absolute atomic E-state index is 12.4. The molecule has 1 fully saturated rings. The van der Waals surface area contributed by atoms with E-state index in [9.17, 15) is 14.7 Å². The molecule has 0 aliphatic carbocycles. The van der Waals surface area contributed by atoms with Gasteiger partial charge in [-0.1, -0.05) is 12.1 Å². The molecule has 3 rings (SSSR count). The third kappa shape index (κ3) is 1.90. The third-order valence-corrected chi connectivity index (χ3v) is 3.93. The van der Waals surface area contributed by atoms with Crippen molar-refractivity contribution in [3.63, 3.8) is 0 Å². The normalized spacial score (nSPS) is 26.3. The third-order valence-electron chi connectivity index (χ3n) is 3.93. The SMILES string of the molecule is Cc1cccc2c1CN(C1CCC(O)NC1=O)C2=O. The van der Waals surface area contributed by atoms with Crippen LogP contribution in [0.1, 0.15) is 34.3 Å². The first-order chi connectivity index (χ1) is 9.08. The Bertz CT molecular complexity index is 556. The van der Waals surface area contributed by atoms with E-state index in [-0.39, 0.29) is 11.8 Å². The molecule has 1 aromatic rings. The predicted octanol–water partition coefficient (Wildman–Crippen LogP) is 0.548. The molecule has 0 radical (unpaired) electrons. The molecule has 0 saturated carbocycles. The molecule has 2 N–H and O–H groups in total. The maximum Gasteiger partial charge on any atom is 0.255 e. The van der Waals surface area contributed by atoms with Gasteiger partial charge < -0.3 is 15.3 Å². The van der Waals surface area contributed by atoms with Crippen molar-refractivity contribution in [3.8, 4) is 0 Å². The molecule has 0 bridgehead atoms. The van der Waals surface area contributed by atoms with Gasteiger partial charge in [0.1, 0.15) is 12.3 Å². The summed E-state index contributed by atoms with van der Waals surface area (Å²) >= 11 is 0. The fourth-order valence-corrected chi connectivity index (χ4v) is 2.84. The molecule has 100 valence electrons. The van der Waals surface area contributed by atoms with Crippen molar-refractivity contribution in [1.29, 1.82) is 0 Å². The number of hydrogen-bond acceptors (Lipinski definition) is 3. The molecular weight excluding hydrogens is 244 g/mol. The number of aliphatic hydroxyl groups excluding tert-OH is 1. The van der Waals surface area contributed by atoms with E-state index in [0.29, 0.717) is 24.9 Å². The Labute approximate surface area is 111 Å². The van der Waals surface area contributed by atoms with Crippen LogP contribution in [-0.2, 0) is 11.3 Å². The number of piperidine rings is 1. The van der Waals surface area contributed by atoms with Gasteiger partial charge in [-0.15, -0.1) is 0 Å². The molecule has 5 nitrogen and oxygen atoms in total. The number of aliphatic hydroxyl groups is 1. The highest BCUT2D eigenvalue weighted by Crippen LogP contribution is 2.29. The highest BCUT2D eigenvalue weighted by Gasteiger charge is 2.39. The van der Waals surface area contributed by atoms with Crippen LogP contribution in [0.5, 0.6) is 0 Å². The lowest BCUT2D eigenvalue weighted by molar-refractivity contribution is -0.132. The molecule has 2 aliphatic heterocycles. The fourth-order valence-electron chi connectivity index (χ4n) is 2.84. The lowest BCUT2D eigenvalue weighted by Crippen LogP contribution is -2.54. The van der Waals surface area contributed by atoms with E-state index in [1.54, 1.807) is 11.0 Å². The monoisotopic (exact) mass is 260 g/mol. The van der Waals surface area contributed by atoms with Crippen LogP contribution in [0.3, 0.4) is 0 Å². The number of nitrogens with zero attached hydrogens (tertiary/aromatic N) is 1. The molecule has 1 saturated heterocycles. The Morgan fingerprint density at radius 2 is 2.11 bits per heavy atom. The standard InChI is InChI=1S/C14H16N2O3/c1-8-3-2-4-9-10(8)7-16(14(9)19)11-5-6-12(17)15-13(11)18/h2-4,11-12,17H,5-7H2,1H3,(H,15,18). The number of rotatable bonds is 1. The second-order valence-corrected chi connectivity index (χ2v) is 5.15. The summed E-state index contributed by atoms with van der Waals surface area (Å²) in [5, 5.41) is 11.9. The maximum atomic E-state index is 12.4. The quantitative estimate of drug-likeness (QED) is 0.774. The van der Waals surface area contributed by atoms with Crippen LogP contribution in [-0.4, -0.2) is 34.1 Å². The summed E-state index contributed by atoms with van der Waals surface area (Å²) in [7, 11) is 0. The first-order valence-electron chi connectivity index (χ1n) is 6.46. The number of hydrogen-bond donors (Lipinski definition) is 2. The zero-order valence-corrected chi connectivity index (χ0v) is 10.7. The van der Waals surface area contributed by atoms with E-state index in [2.05, 4.69) is 5.32 Å². The van der Waals surface area contributed by atoms with Crippen molar-refractivity contribution in [2.45, 2.75) is 38.6 Å². The van der Waals surface area contributed by atoms with Gasteiger partial charge in [0, 0.05) is 12.1 Å². The molecule has 19 heavy (non-hydrogen) atoms. The van der Waals surface area contributed by atoms with Gasteiger partial charge >= 0.3 is 0 Å². The van der Waals surface area contributed by atoms with Gasteiger partial charge in [-0.05, 0) is 37.0 Å². The largest absolute Gasteiger partial charge is 0.374 e. The second kappa shape index (κ2) is 4.35.